The predicted molar refractivity (Wildman–Crippen MR) is 70.9 cm³/mol. The molecule has 0 aromatic carbocycles. The fourth-order valence-corrected chi connectivity index (χ4v) is 2.70. The van der Waals surface area contributed by atoms with Gasteiger partial charge in [-0.05, 0) is 11.8 Å². The first-order chi connectivity index (χ1) is 8.26. The maximum atomic E-state index is 9.05. The van der Waals surface area contributed by atoms with E-state index in [-0.39, 0.29) is 0 Å². The van der Waals surface area contributed by atoms with E-state index in [9.17, 15) is 0 Å². The van der Waals surface area contributed by atoms with E-state index in [1.807, 2.05) is 12.3 Å². The normalized spacial score (nSPS) is 10.1. The number of nitrogens with two attached hydrogens (primary N) is 1. The second-order valence-electron chi connectivity index (χ2n) is 3.16. The van der Waals surface area contributed by atoms with Gasteiger partial charge in [0, 0.05) is 11.6 Å². The number of pyridine rings is 1. The van der Waals surface area contributed by atoms with Crippen molar-refractivity contribution in [2.24, 2.45) is 0 Å². The molecule has 0 aliphatic carbocycles. The second kappa shape index (κ2) is 5.17. The molecule has 0 radical (unpaired) electrons. The van der Waals surface area contributed by atoms with Gasteiger partial charge in [0.2, 0.25) is 0 Å². The molecule has 17 heavy (non-hydrogen) atoms. The van der Waals surface area contributed by atoms with Crippen LogP contribution in [0.25, 0.3) is 10.7 Å². The minimum atomic E-state index is 0.456. The quantitative estimate of drug-likeness (QED) is 0.861. The topological polar surface area (TPSA) is 75.6 Å². The van der Waals surface area contributed by atoms with Crippen molar-refractivity contribution in [2.75, 3.05) is 11.5 Å². The largest absolute Gasteiger partial charge is 0.398 e. The van der Waals surface area contributed by atoms with Gasteiger partial charge in [-0.3, -0.25) is 0 Å². The number of aromatic nitrogens is 2. The average Bonchev–Trinajstić information content (AvgIpc) is 2.82. The van der Waals surface area contributed by atoms with E-state index >= 15 is 0 Å². The van der Waals surface area contributed by atoms with Crippen LogP contribution < -0.4 is 5.73 Å². The molecule has 2 N–H and O–H groups in total. The molecule has 0 fully saturated rings. The minimum absolute atomic E-state index is 0.456. The van der Waals surface area contributed by atoms with E-state index in [4.69, 9.17) is 11.0 Å². The standard InChI is InChI=1S/C11H10N4S2/c1-2-16-10-7(6-12)8(13)5-9(15-10)11-14-3-4-17-11/h3-5H,2H2,1H3,(H2,13,15). The predicted octanol–water partition coefficient (Wildman–Crippen LogP) is 2.77. The van der Waals surface area contributed by atoms with Gasteiger partial charge in [-0.2, -0.15) is 5.26 Å². The molecule has 2 heterocycles. The maximum absolute atomic E-state index is 9.05. The molecule has 0 atom stereocenters. The first-order valence-corrected chi connectivity index (χ1v) is 6.86. The SMILES string of the molecule is CCSc1nc(-c2nccs2)cc(N)c1C#N. The Morgan fingerprint density at radius 1 is 1.59 bits per heavy atom. The summed E-state index contributed by atoms with van der Waals surface area (Å²) in [5.41, 5.74) is 7.52. The molecule has 2 aromatic heterocycles. The average molecular weight is 262 g/mol. The van der Waals surface area contributed by atoms with Crippen LogP contribution >= 0.6 is 23.1 Å². The van der Waals surface area contributed by atoms with Crippen LogP contribution in [0.3, 0.4) is 0 Å². The highest BCUT2D eigenvalue weighted by molar-refractivity contribution is 7.99. The Morgan fingerprint density at radius 3 is 3.00 bits per heavy atom. The molecular weight excluding hydrogens is 252 g/mol. The Balaban J connectivity index is 2.55. The third-order valence-corrected chi connectivity index (χ3v) is 3.71. The number of thiazole rings is 1. The zero-order valence-corrected chi connectivity index (χ0v) is 10.8. The van der Waals surface area contributed by atoms with Crippen LogP contribution in [0.2, 0.25) is 0 Å². The number of rotatable bonds is 3. The smallest absolute Gasteiger partial charge is 0.141 e. The van der Waals surface area contributed by atoms with Crippen LogP contribution in [0.4, 0.5) is 5.69 Å². The van der Waals surface area contributed by atoms with Crippen molar-refractivity contribution in [3.63, 3.8) is 0 Å². The Bertz CT molecular complexity index is 558. The third kappa shape index (κ3) is 2.40. The van der Waals surface area contributed by atoms with Gasteiger partial charge in [0.1, 0.15) is 27.4 Å². The highest BCUT2D eigenvalue weighted by atomic mass is 32.2. The summed E-state index contributed by atoms with van der Waals surface area (Å²) in [6.07, 6.45) is 1.72. The number of anilines is 1. The number of nitriles is 1. The molecule has 0 saturated heterocycles. The lowest BCUT2D eigenvalue weighted by atomic mass is 10.2. The van der Waals surface area contributed by atoms with Gasteiger partial charge in [0.15, 0.2) is 0 Å². The van der Waals surface area contributed by atoms with Crippen molar-refractivity contribution in [3.05, 3.63) is 23.2 Å². The number of nitrogen functional groups attached to an aromatic ring is 1. The Kier molecular flexibility index (Phi) is 3.61. The van der Waals surface area contributed by atoms with Crippen molar-refractivity contribution >= 4 is 28.8 Å². The molecule has 0 spiro atoms. The van der Waals surface area contributed by atoms with Gasteiger partial charge in [-0.15, -0.1) is 23.1 Å². The van der Waals surface area contributed by atoms with Crippen molar-refractivity contribution in [2.45, 2.75) is 11.9 Å². The molecule has 0 saturated carbocycles. The fourth-order valence-electron chi connectivity index (χ4n) is 1.35. The molecule has 0 bridgehead atoms. The first kappa shape index (κ1) is 11.9. The summed E-state index contributed by atoms with van der Waals surface area (Å²) in [5, 5.41) is 12.4. The van der Waals surface area contributed by atoms with E-state index in [0.717, 1.165) is 16.5 Å². The van der Waals surface area contributed by atoms with Gasteiger partial charge < -0.3 is 5.73 Å². The molecule has 0 aliphatic rings. The van der Waals surface area contributed by atoms with Crippen molar-refractivity contribution in [1.29, 1.82) is 5.26 Å². The Morgan fingerprint density at radius 2 is 2.41 bits per heavy atom. The molecular formula is C11H10N4S2. The van der Waals surface area contributed by atoms with Crippen LogP contribution in [0, 0.1) is 11.3 Å². The van der Waals surface area contributed by atoms with Crippen LogP contribution in [-0.2, 0) is 0 Å². The fraction of sp³-hybridized carbons (Fsp3) is 0.182. The van der Waals surface area contributed by atoms with Gasteiger partial charge in [0.25, 0.3) is 0 Å². The number of nitrogens with zero attached hydrogens (tertiary/aromatic N) is 3. The lowest BCUT2D eigenvalue weighted by Crippen LogP contribution is -1.98. The monoisotopic (exact) mass is 262 g/mol. The van der Waals surface area contributed by atoms with Crippen LogP contribution in [0.5, 0.6) is 0 Å². The summed E-state index contributed by atoms with van der Waals surface area (Å²) in [6.45, 7) is 2.01. The minimum Gasteiger partial charge on any atom is -0.398 e. The van der Waals surface area contributed by atoms with Crippen LogP contribution in [-0.4, -0.2) is 15.7 Å². The van der Waals surface area contributed by atoms with Gasteiger partial charge in [-0.1, -0.05) is 6.92 Å². The highest BCUT2D eigenvalue weighted by Crippen LogP contribution is 2.30. The molecule has 0 amide bonds. The van der Waals surface area contributed by atoms with Crippen molar-refractivity contribution in [3.8, 4) is 16.8 Å². The molecule has 86 valence electrons. The van der Waals surface area contributed by atoms with Gasteiger partial charge in [0.05, 0.1) is 5.69 Å². The maximum Gasteiger partial charge on any atom is 0.141 e. The zero-order chi connectivity index (χ0) is 12.3. The Labute approximate surface area is 108 Å². The Hall–Kier alpha value is -1.58. The first-order valence-electron chi connectivity index (χ1n) is 4.99. The van der Waals surface area contributed by atoms with E-state index < -0.39 is 0 Å². The van der Waals surface area contributed by atoms with Gasteiger partial charge in [-0.25, -0.2) is 9.97 Å². The number of hydrogen-bond donors (Lipinski definition) is 1. The molecule has 4 nitrogen and oxygen atoms in total. The number of hydrogen-bond acceptors (Lipinski definition) is 6. The molecule has 2 aromatic rings. The zero-order valence-electron chi connectivity index (χ0n) is 9.17. The van der Waals surface area contributed by atoms with Crippen molar-refractivity contribution in [1.82, 2.24) is 9.97 Å². The summed E-state index contributed by atoms with van der Waals surface area (Å²) >= 11 is 3.02. The summed E-state index contributed by atoms with van der Waals surface area (Å²) in [6, 6.07) is 3.80. The van der Waals surface area contributed by atoms with E-state index in [1.165, 1.54) is 23.1 Å². The van der Waals surface area contributed by atoms with Crippen LogP contribution in [0.15, 0.2) is 22.7 Å². The molecule has 0 aliphatic heterocycles. The van der Waals surface area contributed by atoms with E-state index in [2.05, 4.69) is 16.0 Å². The molecule has 6 heteroatoms. The third-order valence-electron chi connectivity index (χ3n) is 2.06. The highest BCUT2D eigenvalue weighted by Gasteiger charge is 2.12. The van der Waals surface area contributed by atoms with Crippen LogP contribution in [0.1, 0.15) is 12.5 Å². The van der Waals surface area contributed by atoms with E-state index in [1.54, 1.807) is 12.3 Å². The molecule has 2 rings (SSSR count). The summed E-state index contributed by atoms with van der Waals surface area (Å²) in [7, 11) is 0. The van der Waals surface area contributed by atoms with E-state index in [0.29, 0.717) is 16.3 Å². The number of thioether (sulfide) groups is 1. The molecule has 0 unspecified atom stereocenters. The summed E-state index contributed by atoms with van der Waals surface area (Å²) in [5.74, 6) is 0.850. The lowest BCUT2D eigenvalue weighted by molar-refractivity contribution is 1.11. The summed E-state index contributed by atoms with van der Waals surface area (Å²) in [4.78, 5) is 8.64. The van der Waals surface area contributed by atoms with Gasteiger partial charge >= 0.3 is 0 Å². The lowest BCUT2D eigenvalue weighted by Gasteiger charge is -2.06. The summed E-state index contributed by atoms with van der Waals surface area (Å²) < 4.78 is 0. The van der Waals surface area contributed by atoms with Crippen molar-refractivity contribution < 1.29 is 0 Å². The second-order valence-corrected chi connectivity index (χ2v) is 5.31.